The van der Waals surface area contributed by atoms with Gasteiger partial charge in [0.15, 0.2) is 5.76 Å². The number of aryl methyl sites for hydroxylation is 1. The van der Waals surface area contributed by atoms with E-state index in [2.05, 4.69) is 26.1 Å². The van der Waals surface area contributed by atoms with Crippen LogP contribution in [0.3, 0.4) is 0 Å². The van der Waals surface area contributed by atoms with Crippen molar-refractivity contribution < 1.29 is 4.52 Å². The van der Waals surface area contributed by atoms with E-state index in [0.717, 1.165) is 5.69 Å². The van der Waals surface area contributed by atoms with Crippen LogP contribution in [0, 0.1) is 6.92 Å². The zero-order valence-electron chi connectivity index (χ0n) is 8.36. The van der Waals surface area contributed by atoms with Crippen LogP contribution in [0.15, 0.2) is 30.8 Å². The second-order valence-electron chi connectivity index (χ2n) is 3.30. The van der Waals surface area contributed by atoms with E-state index < -0.39 is 11.2 Å². The molecule has 1 N–H and O–H groups in total. The van der Waals surface area contributed by atoms with Gasteiger partial charge in [0, 0.05) is 12.3 Å². The first kappa shape index (κ1) is 10.9. The van der Waals surface area contributed by atoms with Crippen LogP contribution in [0.4, 0.5) is 0 Å². The number of halogens is 1. The molecule has 2 rings (SSSR count). The van der Waals surface area contributed by atoms with Crippen molar-refractivity contribution in [1.29, 1.82) is 0 Å². The minimum absolute atomic E-state index is 0.231. The van der Waals surface area contributed by atoms with Gasteiger partial charge in [-0.05, 0) is 22.9 Å². The lowest BCUT2D eigenvalue weighted by Gasteiger charge is -2.01. The molecular weight excluding hydrogens is 278 g/mol. The standard InChI is InChI=1S/C9H8BrN3O3/c1-5-2-6(16-12-5)3-13-4-7(10)8(14)11-9(13)15/h2,4H,3H2,1H3,(H,11,14,15). The number of hydrogen-bond acceptors (Lipinski definition) is 4. The maximum atomic E-state index is 11.4. The molecule has 0 unspecified atom stereocenters. The predicted octanol–water partition coefficient (Wildman–Crippen LogP) is 0.644. The molecule has 0 aromatic carbocycles. The molecule has 6 nitrogen and oxygen atoms in total. The molecule has 0 saturated carbocycles. The van der Waals surface area contributed by atoms with E-state index in [1.54, 1.807) is 13.0 Å². The van der Waals surface area contributed by atoms with Crippen molar-refractivity contribution in [2.75, 3.05) is 0 Å². The maximum absolute atomic E-state index is 11.4. The fraction of sp³-hybridized carbons (Fsp3) is 0.222. The molecule has 7 heteroatoms. The molecule has 16 heavy (non-hydrogen) atoms. The summed E-state index contributed by atoms with van der Waals surface area (Å²) in [5.74, 6) is 0.554. The van der Waals surface area contributed by atoms with Crippen LogP contribution < -0.4 is 11.2 Å². The van der Waals surface area contributed by atoms with Crippen molar-refractivity contribution >= 4 is 15.9 Å². The quantitative estimate of drug-likeness (QED) is 0.878. The topological polar surface area (TPSA) is 80.9 Å². The molecule has 0 aliphatic carbocycles. The number of rotatable bonds is 2. The van der Waals surface area contributed by atoms with Crippen molar-refractivity contribution in [3.05, 3.63) is 49.0 Å². The second-order valence-corrected chi connectivity index (χ2v) is 4.15. The Morgan fingerprint density at radius 1 is 1.56 bits per heavy atom. The number of nitrogens with zero attached hydrogens (tertiary/aromatic N) is 2. The summed E-state index contributed by atoms with van der Waals surface area (Å²) in [6.07, 6.45) is 1.42. The normalized spacial score (nSPS) is 10.6. The highest BCUT2D eigenvalue weighted by atomic mass is 79.9. The third-order valence-corrected chi connectivity index (χ3v) is 2.54. The zero-order valence-corrected chi connectivity index (χ0v) is 9.94. The van der Waals surface area contributed by atoms with Gasteiger partial charge in [-0.15, -0.1) is 0 Å². The van der Waals surface area contributed by atoms with Gasteiger partial charge in [-0.25, -0.2) is 4.79 Å². The highest BCUT2D eigenvalue weighted by Gasteiger charge is 2.06. The molecule has 2 aromatic rings. The minimum atomic E-state index is -0.484. The van der Waals surface area contributed by atoms with Gasteiger partial charge in [0.2, 0.25) is 0 Å². The van der Waals surface area contributed by atoms with Gasteiger partial charge in [-0.1, -0.05) is 5.16 Å². The Kier molecular flexibility index (Phi) is 2.78. The molecule has 0 spiro atoms. The molecule has 0 fully saturated rings. The van der Waals surface area contributed by atoms with Crippen LogP contribution in [0.1, 0.15) is 11.5 Å². The van der Waals surface area contributed by atoms with Crippen molar-refractivity contribution in [2.24, 2.45) is 0 Å². The third-order valence-electron chi connectivity index (χ3n) is 1.97. The Bertz CT molecular complexity index is 625. The fourth-order valence-electron chi connectivity index (χ4n) is 1.26. The van der Waals surface area contributed by atoms with E-state index in [0.29, 0.717) is 10.2 Å². The third kappa shape index (κ3) is 2.13. The molecule has 0 atom stereocenters. The summed E-state index contributed by atoms with van der Waals surface area (Å²) >= 11 is 3.05. The maximum Gasteiger partial charge on any atom is 0.328 e. The average Bonchev–Trinajstić information content (AvgIpc) is 2.60. The van der Waals surface area contributed by atoms with Crippen LogP contribution in [-0.2, 0) is 6.54 Å². The number of aromatic amines is 1. The van der Waals surface area contributed by atoms with Gasteiger partial charge < -0.3 is 4.52 Å². The summed E-state index contributed by atoms with van der Waals surface area (Å²) in [4.78, 5) is 24.7. The largest absolute Gasteiger partial charge is 0.359 e. The van der Waals surface area contributed by atoms with Gasteiger partial charge in [0.25, 0.3) is 5.56 Å². The van der Waals surface area contributed by atoms with Gasteiger partial charge in [-0.2, -0.15) is 0 Å². The van der Waals surface area contributed by atoms with E-state index in [1.165, 1.54) is 10.8 Å². The van der Waals surface area contributed by atoms with Crippen LogP contribution in [0.25, 0.3) is 0 Å². The van der Waals surface area contributed by atoms with Crippen molar-refractivity contribution in [3.63, 3.8) is 0 Å². The van der Waals surface area contributed by atoms with Crippen molar-refractivity contribution in [1.82, 2.24) is 14.7 Å². The van der Waals surface area contributed by atoms with Gasteiger partial charge in [0.1, 0.15) is 0 Å². The highest BCUT2D eigenvalue weighted by Crippen LogP contribution is 2.04. The van der Waals surface area contributed by atoms with E-state index in [1.807, 2.05) is 0 Å². The van der Waals surface area contributed by atoms with E-state index in [9.17, 15) is 9.59 Å². The van der Waals surface area contributed by atoms with E-state index in [-0.39, 0.29) is 6.54 Å². The monoisotopic (exact) mass is 285 g/mol. The average molecular weight is 286 g/mol. The van der Waals surface area contributed by atoms with Gasteiger partial charge in [-0.3, -0.25) is 14.3 Å². The van der Waals surface area contributed by atoms with Crippen LogP contribution in [0.2, 0.25) is 0 Å². The molecule has 0 aliphatic heterocycles. The van der Waals surface area contributed by atoms with Crippen molar-refractivity contribution in [2.45, 2.75) is 13.5 Å². The van der Waals surface area contributed by atoms with E-state index in [4.69, 9.17) is 4.52 Å². The fourth-order valence-corrected chi connectivity index (χ4v) is 1.61. The first-order chi connectivity index (χ1) is 7.56. The summed E-state index contributed by atoms with van der Waals surface area (Å²) in [6, 6.07) is 1.73. The first-order valence-corrected chi connectivity index (χ1v) is 5.27. The Labute approximate surface area is 98.0 Å². The summed E-state index contributed by atoms with van der Waals surface area (Å²) in [5, 5.41) is 3.71. The molecular formula is C9H8BrN3O3. The SMILES string of the molecule is Cc1cc(Cn2cc(Br)c(=O)[nH]c2=O)on1. The molecule has 2 aromatic heterocycles. The Morgan fingerprint density at radius 3 is 2.94 bits per heavy atom. The lowest BCUT2D eigenvalue weighted by molar-refractivity contribution is 0.370. The summed E-state index contributed by atoms with van der Waals surface area (Å²) in [7, 11) is 0. The molecule has 0 saturated heterocycles. The Morgan fingerprint density at radius 2 is 2.31 bits per heavy atom. The Hall–Kier alpha value is -1.63. The summed E-state index contributed by atoms with van der Waals surface area (Å²) in [5.41, 5.74) is -0.191. The number of nitrogens with one attached hydrogen (secondary N) is 1. The zero-order chi connectivity index (χ0) is 11.7. The molecule has 0 radical (unpaired) electrons. The predicted molar refractivity (Wildman–Crippen MR) is 59.4 cm³/mol. The van der Waals surface area contributed by atoms with Crippen molar-refractivity contribution in [3.8, 4) is 0 Å². The summed E-state index contributed by atoms with van der Waals surface area (Å²) in [6.45, 7) is 2.02. The Balaban J connectivity index is 2.39. The molecule has 0 amide bonds. The second kappa shape index (κ2) is 4.09. The van der Waals surface area contributed by atoms with E-state index >= 15 is 0 Å². The lowest BCUT2D eigenvalue weighted by Crippen LogP contribution is -2.30. The van der Waals surface area contributed by atoms with Crippen LogP contribution in [-0.4, -0.2) is 14.7 Å². The number of hydrogen-bond donors (Lipinski definition) is 1. The lowest BCUT2D eigenvalue weighted by atomic mass is 10.4. The highest BCUT2D eigenvalue weighted by molar-refractivity contribution is 9.10. The molecule has 84 valence electrons. The smallest absolute Gasteiger partial charge is 0.328 e. The number of H-pyrrole nitrogens is 1. The minimum Gasteiger partial charge on any atom is -0.359 e. The van der Waals surface area contributed by atoms with Crippen LogP contribution >= 0.6 is 15.9 Å². The number of aromatic nitrogens is 3. The molecule has 0 aliphatic rings. The summed E-state index contributed by atoms with van der Waals surface area (Å²) < 4.78 is 6.60. The van der Waals surface area contributed by atoms with Gasteiger partial charge >= 0.3 is 5.69 Å². The van der Waals surface area contributed by atoms with Crippen LogP contribution in [0.5, 0.6) is 0 Å². The first-order valence-electron chi connectivity index (χ1n) is 4.48. The molecule has 2 heterocycles. The molecule has 0 bridgehead atoms. The van der Waals surface area contributed by atoms with Gasteiger partial charge in [0.05, 0.1) is 16.7 Å².